The van der Waals surface area contributed by atoms with Gasteiger partial charge >= 0.3 is 0 Å². The van der Waals surface area contributed by atoms with Gasteiger partial charge in [-0.2, -0.15) is 0 Å². The molecule has 0 fully saturated rings. The highest BCUT2D eigenvalue weighted by Crippen LogP contribution is 2.24. The number of imidazole rings is 1. The number of carbonyl (C=O) groups is 1. The predicted octanol–water partition coefficient (Wildman–Crippen LogP) is 3.16. The molecule has 1 aromatic heterocycles. The molecule has 3 N–H and O–H groups in total. The summed E-state index contributed by atoms with van der Waals surface area (Å²) in [6, 6.07) is 15.2. The monoisotopic (exact) mass is 322 g/mol. The van der Waals surface area contributed by atoms with Crippen LogP contribution in [-0.2, 0) is 11.8 Å². The first kappa shape index (κ1) is 16.2. The van der Waals surface area contributed by atoms with Gasteiger partial charge in [0.05, 0.1) is 17.1 Å². The number of fused-ring (bicyclic) bond motifs is 1. The van der Waals surface area contributed by atoms with Crippen molar-refractivity contribution in [1.29, 1.82) is 0 Å². The Morgan fingerprint density at radius 1 is 1.12 bits per heavy atom. The molecule has 0 spiro atoms. The van der Waals surface area contributed by atoms with E-state index in [0.29, 0.717) is 0 Å². The third kappa shape index (κ3) is 3.03. The molecule has 0 aliphatic heterocycles. The maximum absolute atomic E-state index is 12.0. The summed E-state index contributed by atoms with van der Waals surface area (Å²) in [5.41, 5.74) is 9.66. The molecule has 3 rings (SSSR count). The van der Waals surface area contributed by atoms with Crippen molar-refractivity contribution in [3.05, 3.63) is 48.5 Å². The average molecular weight is 322 g/mol. The Bertz CT molecular complexity index is 865. The highest BCUT2D eigenvalue weighted by atomic mass is 16.2. The summed E-state index contributed by atoms with van der Waals surface area (Å²) < 4.78 is 2.07. The van der Waals surface area contributed by atoms with E-state index in [9.17, 15) is 4.79 Å². The molecule has 0 bridgehead atoms. The van der Waals surface area contributed by atoms with Crippen LogP contribution in [0.15, 0.2) is 48.5 Å². The minimum absolute atomic E-state index is 0.101. The van der Waals surface area contributed by atoms with Crippen molar-refractivity contribution in [2.45, 2.75) is 19.9 Å². The van der Waals surface area contributed by atoms with Crippen LogP contribution in [0, 0.1) is 5.92 Å². The summed E-state index contributed by atoms with van der Waals surface area (Å²) in [4.78, 5) is 16.7. The van der Waals surface area contributed by atoms with Gasteiger partial charge in [-0.1, -0.05) is 26.0 Å². The normalized spacial score (nSPS) is 12.5. The molecule has 1 heterocycles. The van der Waals surface area contributed by atoms with E-state index in [1.54, 1.807) is 0 Å². The van der Waals surface area contributed by atoms with Gasteiger partial charge in [0.25, 0.3) is 0 Å². The van der Waals surface area contributed by atoms with E-state index in [0.717, 1.165) is 28.1 Å². The van der Waals surface area contributed by atoms with Gasteiger partial charge in [-0.05, 0) is 42.3 Å². The number of nitrogens with two attached hydrogens (primary N) is 1. The lowest BCUT2D eigenvalue weighted by Gasteiger charge is -2.15. The van der Waals surface area contributed by atoms with E-state index in [1.807, 2.05) is 69.4 Å². The Balaban J connectivity index is 1.84. The van der Waals surface area contributed by atoms with E-state index in [1.165, 1.54) is 0 Å². The molecule has 24 heavy (non-hydrogen) atoms. The number of amides is 1. The molecule has 0 radical (unpaired) electrons. The number of aromatic nitrogens is 2. The third-order valence-electron chi connectivity index (χ3n) is 4.22. The summed E-state index contributed by atoms with van der Waals surface area (Å²) in [5, 5.41) is 2.85. The zero-order valence-corrected chi connectivity index (χ0v) is 14.2. The van der Waals surface area contributed by atoms with Crippen molar-refractivity contribution >= 4 is 22.6 Å². The molecule has 0 aliphatic carbocycles. The molecule has 5 nitrogen and oxygen atoms in total. The molecule has 1 amide bonds. The fourth-order valence-electron chi connectivity index (χ4n) is 2.63. The van der Waals surface area contributed by atoms with Crippen molar-refractivity contribution in [2.75, 3.05) is 5.32 Å². The Kier molecular flexibility index (Phi) is 4.36. The second-order valence-corrected chi connectivity index (χ2v) is 6.32. The molecule has 5 heteroatoms. The number of rotatable bonds is 4. The lowest BCUT2D eigenvalue weighted by molar-refractivity contribution is -0.118. The van der Waals surface area contributed by atoms with Crippen molar-refractivity contribution in [3.63, 3.8) is 0 Å². The number of hydrogen-bond donors (Lipinski definition) is 2. The number of nitrogens with one attached hydrogen (secondary N) is 1. The zero-order valence-electron chi connectivity index (χ0n) is 14.2. The molecular formula is C19H22N4O. The van der Waals surface area contributed by atoms with Gasteiger partial charge in [0, 0.05) is 18.3 Å². The minimum atomic E-state index is -0.510. The lowest BCUT2D eigenvalue weighted by atomic mass is 10.0. The van der Waals surface area contributed by atoms with Crippen LogP contribution >= 0.6 is 0 Å². The average Bonchev–Trinajstić information content (AvgIpc) is 2.92. The molecule has 0 unspecified atom stereocenters. The SMILES string of the molecule is CC(C)[C@H](N)C(=O)Nc1ccc(-c2nc3ccccc3n2C)cc1. The summed E-state index contributed by atoms with van der Waals surface area (Å²) in [6.07, 6.45) is 0. The Morgan fingerprint density at radius 3 is 2.42 bits per heavy atom. The molecule has 0 saturated heterocycles. The number of para-hydroxylation sites is 2. The van der Waals surface area contributed by atoms with Gasteiger partial charge in [-0.3, -0.25) is 4.79 Å². The number of nitrogens with zero attached hydrogens (tertiary/aromatic N) is 2. The number of aryl methyl sites for hydroxylation is 1. The van der Waals surface area contributed by atoms with E-state index in [2.05, 4.69) is 14.9 Å². The standard InChI is InChI=1S/C19H22N4O/c1-12(2)17(20)19(24)21-14-10-8-13(9-11-14)18-22-15-6-4-5-7-16(15)23(18)3/h4-12,17H,20H2,1-3H3,(H,21,24)/t17-/m0/s1. The summed E-state index contributed by atoms with van der Waals surface area (Å²) in [7, 11) is 2.00. The van der Waals surface area contributed by atoms with E-state index < -0.39 is 6.04 Å². The van der Waals surface area contributed by atoms with Crippen molar-refractivity contribution in [3.8, 4) is 11.4 Å². The molecule has 1 atom stereocenters. The predicted molar refractivity (Wildman–Crippen MR) is 97.6 cm³/mol. The number of benzene rings is 2. The maximum atomic E-state index is 12.0. The highest BCUT2D eigenvalue weighted by Gasteiger charge is 2.17. The Hall–Kier alpha value is -2.66. The number of carbonyl (C=O) groups excluding carboxylic acids is 1. The second-order valence-electron chi connectivity index (χ2n) is 6.32. The summed E-state index contributed by atoms with van der Waals surface area (Å²) in [6.45, 7) is 3.86. The van der Waals surface area contributed by atoms with Crippen LogP contribution in [0.25, 0.3) is 22.4 Å². The fraction of sp³-hybridized carbons (Fsp3) is 0.263. The van der Waals surface area contributed by atoms with Gasteiger partial charge in [-0.15, -0.1) is 0 Å². The van der Waals surface area contributed by atoms with Crippen molar-refractivity contribution < 1.29 is 4.79 Å². The lowest BCUT2D eigenvalue weighted by Crippen LogP contribution is -2.39. The Labute approximate surface area is 141 Å². The maximum Gasteiger partial charge on any atom is 0.241 e. The third-order valence-corrected chi connectivity index (χ3v) is 4.22. The largest absolute Gasteiger partial charge is 0.327 e. The highest BCUT2D eigenvalue weighted by molar-refractivity contribution is 5.95. The molecule has 3 aromatic rings. The smallest absolute Gasteiger partial charge is 0.241 e. The van der Waals surface area contributed by atoms with Gasteiger partial charge in [0.1, 0.15) is 5.82 Å². The van der Waals surface area contributed by atoms with Crippen LogP contribution in [-0.4, -0.2) is 21.5 Å². The van der Waals surface area contributed by atoms with Gasteiger partial charge in [0.2, 0.25) is 5.91 Å². The second kappa shape index (κ2) is 6.45. The quantitative estimate of drug-likeness (QED) is 0.775. The van der Waals surface area contributed by atoms with Crippen LogP contribution in [0.1, 0.15) is 13.8 Å². The van der Waals surface area contributed by atoms with Crippen LogP contribution in [0.5, 0.6) is 0 Å². The Morgan fingerprint density at radius 2 is 1.79 bits per heavy atom. The van der Waals surface area contributed by atoms with E-state index >= 15 is 0 Å². The van der Waals surface area contributed by atoms with Crippen LogP contribution in [0.3, 0.4) is 0 Å². The molecule has 0 aliphatic rings. The zero-order chi connectivity index (χ0) is 17.3. The van der Waals surface area contributed by atoms with Crippen LogP contribution < -0.4 is 11.1 Å². The van der Waals surface area contributed by atoms with E-state index in [4.69, 9.17) is 5.73 Å². The van der Waals surface area contributed by atoms with Crippen LogP contribution in [0.4, 0.5) is 5.69 Å². The number of hydrogen-bond acceptors (Lipinski definition) is 3. The molecule has 124 valence electrons. The van der Waals surface area contributed by atoms with Crippen LogP contribution in [0.2, 0.25) is 0 Å². The van der Waals surface area contributed by atoms with Gasteiger partial charge < -0.3 is 15.6 Å². The first-order valence-corrected chi connectivity index (χ1v) is 8.05. The summed E-state index contributed by atoms with van der Waals surface area (Å²) in [5.74, 6) is 0.831. The molecule has 2 aromatic carbocycles. The fourth-order valence-corrected chi connectivity index (χ4v) is 2.63. The number of anilines is 1. The minimum Gasteiger partial charge on any atom is -0.327 e. The van der Waals surface area contributed by atoms with Crippen molar-refractivity contribution in [2.24, 2.45) is 18.7 Å². The van der Waals surface area contributed by atoms with Gasteiger partial charge in [0.15, 0.2) is 0 Å². The summed E-state index contributed by atoms with van der Waals surface area (Å²) >= 11 is 0. The van der Waals surface area contributed by atoms with Gasteiger partial charge in [-0.25, -0.2) is 4.98 Å². The van der Waals surface area contributed by atoms with E-state index in [-0.39, 0.29) is 11.8 Å². The topological polar surface area (TPSA) is 72.9 Å². The molecular weight excluding hydrogens is 300 g/mol. The first-order chi connectivity index (χ1) is 11.5. The first-order valence-electron chi connectivity index (χ1n) is 8.05. The molecule has 0 saturated carbocycles. The van der Waals surface area contributed by atoms with Crippen molar-refractivity contribution in [1.82, 2.24) is 9.55 Å².